The number of amides is 2. The third-order valence-corrected chi connectivity index (χ3v) is 4.68. The van der Waals surface area contributed by atoms with Gasteiger partial charge in [0.2, 0.25) is 5.91 Å². The van der Waals surface area contributed by atoms with Gasteiger partial charge in [-0.05, 0) is 30.7 Å². The minimum absolute atomic E-state index is 0.0528. The number of aryl methyl sites for hydroxylation is 1. The summed E-state index contributed by atoms with van der Waals surface area (Å²) in [5.74, 6) is -1.11. The third kappa shape index (κ3) is 4.66. The van der Waals surface area contributed by atoms with Crippen LogP contribution in [0.15, 0.2) is 36.9 Å². The number of halogens is 2. The van der Waals surface area contributed by atoms with E-state index in [1.54, 1.807) is 18.2 Å². The first-order valence-electron chi connectivity index (χ1n) is 7.12. The third-order valence-electron chi connectivity index (χ3n) is 3.23. The van der Waals surface area contributed by atoms with Gasteiger partial charge in [0.1, 0.15) is 10.7 Å². The maximum atomic E-state index is 14.1. The summed E-state index contributed by atoms with van der Waals surface area (Å²) in [6, 6.07) is 6.31. The van der Waals surface area contributed by atoms with E-state index in [2.05, 4.69) is 17.2 Å². The van der Waals surface area contributed by atoms with Crippen molar-refractivity contribution in [3.8, 4) is 0 Å². The molecule has 126 valence electrons. The van der Waals surface area contributed by atoms with E-state index in [-0.39, 0.29) is 24.9 Å². The zero-order chi connectivity index (χ0) is 17.7. The summed E-state index contributed by atoms with van der Waals surface area (Å²) in [4.78, 5) is 24.5. The van der Waals surface area contributed by atoms with Crippen LogP contribution in [0, 0.1) is 12.7 Å². The lowest BCUT2D eigenvalue weighted by atomic mass is 10.1. The SMILES string of the molecule is C=CC(=O)NCc1ccc(CNC(=O)c2sc(C)cc2Cl)c(F)c1. The molecule has 2 rings (SSSR count). The molecule has 1 heterocycles. The van der Waals surface area contributed by atoms with Gasteiger partial charge >= 0.3 is 0 Å². The zero-order valence-electron chi connectivity index (χ0n) is 13.0. The molecule has 1 aromatic heterocycles. The second-order valence-electron chi connectivity index (χ2n) is 5.06. The van der Waals surface area contributed by atoms with Crippen molar-refractivity contribution < 1.29 is 14.0 Å². The van der Waals surface area contributed by atoms with Crippen LogP contribution in [0.25, 0.3) is 0 Å². The van der Waals surface area contributed by atoms with Crippen molar-refractivity contribution in [1.29, 1.82) is 0 Å². The highest BCUT2D eigenvalue weighted by Crippen LogP contribution is 2.26. The minimum Gasteiger partial charge on any atom is -0.348 e. The predicted molar refractivity (Wildman–Crippen MR) is 93.7 cm³/mol. The Kier molecular flexibility index (Phi) is 6.11. The minimum atomic E-state index is -0.450. The summed E-state index contributed by atoms with van der Waals surface area (Å²) in [5.41, 5.74) is 0.973. The lowest BCUT2D eigenvalue weighted by molar-refractivity contribution is -0.116. The summed E-state index contributed by atoms with van der Waals surface area (Å²) < 4.78 is 14.1. The van der Waals surface area contributed by atoms with Gasteiger partial charge in [0, 0.05) is 23.5 Å². The van der Waals surface area contributed by atoms with Crippen molar-refractivity contribution in [3.05, 3.63) is 68.6 Å². The fraction of sp³-hybridized carbons (Fsp3) is 0.176. The van der Waals surface area contributed by atoms with Crippen molar-refractivity contribution in [2.45, 2.75) is 20.0 Å². The van der Waals surface area contributed by atoms with Gasteiger partial charge < -0.3 is 10.6 Å². The Bertz CT molecular complexity index is 789. The topological polar surface area (TPSA) is 58.2 Å². The maximum Gasteiger partial charge on any atom is 0.263 e. The molecule has 0 radical (unpaired) electrons. The molecular formula is C17H16ClFN2O2S. The van der Waals surface area contributed by atoms with Crippen LogP contribution in [0.4, 0.5) is 4.39 Å². The molecule has 0 bridgehead atoms. The van der Waals surface area contributed by atoms with Gasteiger partial charge in [-0.2, -0.15) is 0 Å². The molecule has 2 N–H and O–H groups in total. The molecule has 2 aromatic rings. The average Bonchev–Trinajstić information content (AvgIpc) is 2.89. The Labute approximate surface area is 148 Å². The molecule has 0 saturated carbocycles. The predicted octanol–water partition coefficient (Wildman–Crippen LogP) is 3.58. The van der Waals surface area contributed by atoms with Gasteiger partial charge in [-0.15, -0.1) is 11.3 Å². The first kappa shape index (κ1) is 18.2. The normalized spacial score (nSPS) is 10.3. The first-order chi connectivity index (χ1) is 11.4. The van der Waals surface area contributed by atoms with Crippen molar-refractivity contribution in [2.75, 3.05) is 0 Å². The highest BCUT2D eigenvalue weighted by molar-refractivity contribution is 7.14. The van der Waals surface area contributed by atoms with Crippen molar-refractivity contribution in [2.24, 2.45) is 0 Å². The molecule has 0 unspecified atom stereocenters. The second-order valence-corrected chi connectivity index (χ2v) is 6.73. The molecule has 2 amide bonds. The summed E-state index contributed by atoms with van der Waals surface area (Å²) in [6.45, 7) is 5.46. The first-order valence-corrected chi connectivity index (χ1v) is 8.32. The van der Waals surface area contributed by atoms with Gasteiger partial charge in [0.15, 0.2) is 0 Å². The zero-order valence-corrected chi connectivity index (χ0v) is 14.6. The lowest BCUT2D eigenvalue weighted by Gasteiger charge is -2.08. The Morgan fingerprint density at radius 2 is 2.04 bits per heavy atom. The van der Waals surface area contributed by atoms with Crippen molar-refractivity contribution in [1.82, 2.24) is 10.6 Å². The molecule has 4 nitrogen and oxygen atoms in total. The van der Waals surface area contributed by atoms with E-state index in [0.717, 1.165) is 11.0 Å². The number of carbonyl (C=O) groups is 2. The number of thiophene rings is 1. The molecule has 1 aromatic carbocycles. The Hall–Kier alpha value is -2.18. The standard InChI is InChI=1S/C17H16ClFN2O2S/c1-3-15(22)20-8-11-4-5-12(14(19)7-11)9-21-17(23)16-13(18)6-10(2)24-16/h3-7H,1,8-9H2,2H3,(H,20,22)(H,21,23). The molecule has 0 aliphatic carbocycles. The number of rotatable bonds is 6. The smallest absolute Gasteiger partial charge is 0.263 e. The van der Waals surface area contributed by atoms with Crippen LogP contribution in [0.5, 0.6) is 0 Å². The van der Waals surface area contributed by atoms with E-state index >= 15 is 0 Å². The molecule has 0 aliphatic rings. The number of benzene rings is 1. The van der Waals surface area contributed by atoms with Crippen molar-refractivity contribution >= 4 is 34.8 Å². The van der Waals surface area contributed by atoms with Crippen LogP contribution in [0.2, 0.25) is 5.02 Å². The second kappa shape index (κ2) is 8.08. The van der Waals surface area contributed by atoms with Crippen LogP contribution in [-0.4, -0.2) is 11.8 Å². The van der Waals surface area contributed by atoms with Crippen LogP contribution in [0.1, 0.15) is 25.7 Å². The number of nitrogens with one attached hydrogen (secondary N) is 2. The van der Waals surface area contributed by atoms with Crippen LogP contribution >= 0.6 is 22.9 Å². The van der Waals surface area contributed by atoms with E-state index < -0.39 is 5.82 Å². The summed E-state index contributed by atoms with van der Waals surface area (Å²) in [6.07, 6.45) is 1.15. The quantitative estimate of drug-likeness (QED) is 0.768. The lowest BCUT2D eigenvalue weighted by Crippen LogP contribution is -2.23. The van der Waals surface area contributed by atoms with Crippen LogP contribution in [-0.2, 0) is 17.9 Å². The Morgan fingerprint density at radius 1 is 1.29 bits per heavy atom. The van der Waals surface area contributed by atoms with E-state index in [0.29, 0.717) is 21.0 Å². The number of hydrogen-bond donors (Lipinski definition) is 2. The molecular weight excluding hydrogens is 351 g/mol. The summed E-state index contributed by atoms with van der Waals surface area (Å²) >= 11 is 7.27. The van der Waals surface area contributed by atoms with E-state index in [9.17, 15) is 14.0 Å². The summed E-state index contributed by atoms with van der Waals surface area (Å²) in [5, 5.41) is 5.61. The molecule has 24 heavy (non-hydrogen) atoms. The van der Waals surface area contributed by atoms with Crippen molar-refractivity contribution in [3.63, 3.8) is 0 Å². The largest absolute Gasteiger partial charge is 0.348 e. The highest BCUT2D eigenvalue weighted by Gasteiger charge is 2.14. The molecule has 0 atom stereocenters. The molecule has 0 saturated heterocycles. The van der Waals surface area contributed by atoms with Crippen LogP contribution < -0.4 is 10.6 Å². The number of hydrogen-bond acceptors (Lipinski definition) is 3. The molecule has 0 aliphatic heterocycles. The van der Waals surface area contributed by atoms with Gasteiger partial charge in [-0.25, -0.2) is 4.39 Å². The Morgan fingerprint density at radius 3 is 2.62 bits per heavy atom. The van der Waals surface area contributed by atoms with Gasteiger partial charge in [0.25, 0.3) is 5.91 Å². The summed E-state index contributed by atoms with van der Waals surface area (Å²) in [7, 11) is 0. The average molecular weight is 367 g/mol. The van der Waals surface area contributed by atoms with E-state index in [1.807, 2.05) is 6.92 Å². The highest BCUT2D eigenvalue weighted by atomic mass is 35.5. The molecule has 0 fully saturated rings. The molecule has 0 spiro atoms. The fourth-order valence-corrected chi connectivity index (χ4v) is 3.25. The Balaban J connectivity index is 1.97. The number of carbonyl (C=O) groups excluding carboxylic acids is 2. The molecule has 7 heteroatoms. The van der Waals surface area contributed by atoms with Gasteiger partial charge in [-0.3, -0.25) is 9.59 Å². The van der Waals surface area contributed by atoms with Crippen LogP contribution in [0.3, 0.4) is 0 Å². The fourth-order valence-electron chi connectivity index (χ4n) is 2.00. The van der Waals surface area contributed by atoms with E-state index in [4.69, 9.17) is 11.6 Å². The monoisotopic (exact) mass is 366 g/mol. The van der Waals surface area contributed by atoms with Gasteiger partial charge in [-0.1, -0.05) is 30.3 Å². The maximum absolute atomic E-state index is 14.1. The van der Waals surface area contributed by atoms with E-state index in [1.165, 1.54) is 17.4 Å². The van der Waals surface area contributed by atoms with Gasteiger partial charge in [0.05, 0.1) is 5.02 Å².